The van der Waals surface area contributed by atoms with Crippen LogP contribution in [0, 0.1) is 27.7 Å². The van der Waals surface area contributed by atoms with Crippen molar-refractivity contribution in [3.63, 3.8) is 0 Å². The largest absolute Gasteiger partial charge is 0.308 e. The van der Waals surface area contributed by atoms with Crippen molar-refractivity contribution in [2.75, 3.05) is 7.05 Å². The van der Waals surface area contributed by atoms with E-state index >= 15 is 0 Å². The fourth-order valence-electron chi connectivity index (χ4n) is 2.39. The van der Waals surface area contributed by atoms with Crippen molar-refractivity contribution in [1.82, 2.24) is 15.3 Å². The lowest BCUT2D eigenvalue weighted by molar-refractivity contribution is 0.660. The maximum absolute atomic E-state index is 4.54. The summed E-state index contributed by atoms with van der Waals surface area (Å²) >= 11 is 0. The molecule has 0 radical (unpaired) electrons. The topological polar surface area (TPSA) is 37.8 Å². The highest BCUT2D eigenvalue weighted by Crippen LogP contribution is 2.25. The van der Waals surface area contributed by atoms with Gasteiger partial charge in [-0.3, -0.25) is 0 Å². The van der Waals surface area contributed by atoms with Gasteiger partial charge in [-0.15, -0.1) is 0 Å². The lowest BCUT2D eigenvalue weighted by Gasteiger charge is -2.20. The van der Waals surface area contributed by atoms with Gasteiger partial charge in [0.2, 0.25) is 0 Å². The maximum atomic E-state index is 4.54. The van der Waals surface area contributed by atoms with Gasteiger partial charge < -0.3 is 5.32 Å². The maximum Gasteiger partial charge on any atom is 0.125 e. The Kier molecular flexibility index (Phi) is 3.96. The molecule has 2 rings (SSSR count). The number of rotatable bonds is 3. The van der Waals surface area contributed by atoms with Crippen LogP contribution in [0.4, 0.5) is 0 Å². The van der Waals surface area contributed by atoms with Crippen molar-refractivity contribution in [3.8, 4) is 0 Å². The number of nitrogens with zero attached hydrogens (tertiary/aromatic N) is 2. The summed E-state index contributed by atoms with van der Waals surface area (Å²) in [6.45, 7) is 8.37. The Labute approximate surface area is 115 Å². The zero-order chi connectivity index (χ0) is 14.0. The van der Waals surface area contributed by atoms with Gasteiger partial charge >= 0.3 is 0 Å². The molecule has 2 aromatic rings. The van der Waals surface area contributed by atoms with E-state index in [0.29, 0.717) is 0 Å². The van der Waals surface area contributed by atoms with E-state index < -0.39 is 0 Å². The van der Waals surface area contributed by atoms with Crippen molar-refractivity contribution in [2.45, 2.75) is 33.7 Å². The summed E-state index contributed by atoms with van der Waals surface area (Å²) in [4.78, 5) is 8.71. The molecule has 0 amide bonds. The summed E-state index contributed by atoms with van der Waals surface area (Å²) in [7, 11) is 1.97. The molecule has 19 heavy (non-hydrogen) atoms. The van der Waals surface area contributed by atoms with Crippen LogP contribution in [0.5, 0.6) is 0 Å². The second-order valence-corrected chi connectivity index (χ2v) is 5.04. The van der Waals surface area contributed by atoms with E-state index in [2.05, 4.69) is 48.2 Å². The third-order valence-corrected chi connectivity index (χ3v) is 3.58. The van der Waals surface area contributed by atoms with Crippen LogP contribution in [0.1, 0.15) is 39.8 Å². The second-order valence-electron chi connectivity index (χ2n) is 5.04. The summed E-state index contributed by atoms with van der Waals surface area (Å²) < 4.78 is 0. The Bertz CT molecular complexity index is 591. The highest BCUT2D eigenvalue weighted by Gasteiger charge is 2.16. The summed E-state index contributed by atoms with van der Waals surface area (Å²) in [6.07, 6.45) is 1.82. The summed E-state index contributed by atoms with van der Waals surface area (Å²) in [5.41, 5.74) is 6.23. The van der Waals surface area contributed by atoms with Gasteiger partial charge in [0, 0.05) is 6.20 Å². The molecule has 1 N–H and O–H groups in total. The van der Waals surface area contributed by atoms with E-state index in [0.717, 1.165) is 11.5 Å². The van der Waals surface area contributed by atoms with Crippen LogP contribution in [0.25, 0.3) is 0 Å². The number of nitrogens with one attached hydrogen (secondary N) is 1. The van der Waals surface area contributed by atoms with Crippen LogP contribution >= 0.6 is 0 Å². The Hall–Kier alpha value is -1.74. The Morgan fingerprint density at radius 1 is 1.00 bits per heavy atom. The summed E-state index contributed by atoms with van der Waals surface area (Å²) in [6, 6.07) is 6.58. The number of hydrogen-bond acceptors (Lipinski definition) is 3. The minimum atomic E-state index is 0.112. The normalized spacial score (nSPS) is 12.5. The molecule has 1 unspecified atom stereocenters. The van der Waals surface area contributed by atoms with Crippen molar-refractivity contribution in [3.05, 3.63) is 58.2 Å². The molecule has 1 aromatic carbocycles. The number of aryl methyl sites for hydroxylation is 4. The molecule has 0 fully saturated rings. The smallest absolute Gasteiger partial charge is 0.125 e. The van der Waals surface area contributed by atoms with Crippen LogP contribution < -0.4 is 5.32 Å². The molecule has 1 atom stereocenters. The van der Waals surface area contributed by atoms with E-state index in [1.165, 1.54) is 22.3 Å². The van der Waals surface area contributed by atoms with E-state index in [1.807, 2.05) is 26.2 Å². The van der Waals surface area contributed by atoms with E-state index in [9.17, 15) is 0 Å². The molecule has 1 aromatic heterocycles. The van der Waals surface area contributed by atoms with Gasteiger partial charge in [-0.05, 0) is 63.1 Å². The molecule has 0 saturated carbocycles. The third kappa shape index (κ3) is 2.82. The molecule has 0 spiro atoms. The molecule has 0 bridgehead atoms. The Balaban J connectivity index is 2.51. The van der Waals surface area contributed by atoms with Crippen LogP contribution in [0.15, 0.2) is 24.4 Å². The molecule has 100 valence electrons. The second kappa shape index (κ2) is 5.49. The van der Waals surface area contributed by atoms with Gasteiger partial charge in [-0.2, -0.15) is 0 Å². The van der Waals surface area contributed by atoms with E-state index in [4.69, 9.17) is 0 Å². The van der Waals surface area contributed by atoms with Crippen molar-refractivity contribution >= 4 is 0 Å². The van der Waals surface area contributed by atoms with Crippen molar-refractivity contribution < 1.29 is 0 Å². The average molecular weight is 255 g/mol. The van der Waals surface area contributed by atoms with Gasteiger partial charge in [0.25, 0.3) is 0 Å². The summed E-state index contributed by atoms with van der Waals surface area (Å²) in [5, 5.41) is 3.36. The van der Waals surface area contributed by atoms with Gasteiger partial charge in [-0.25, -0.2) is 9.97 Å². The molecule has 0 saturated heterocycles. The molecule has 1 heterocycles. The predicted molar refractivity (Wildman–Crippen MR) is 78.3 cm³/mol. The fourth-order valence-corrected chi connectivity index (χ4v) is 2.39. The monoisotopic (exact) mass is 255 g/mol. The lowest BCUT2D eigenvalue weighted by atomic mass is 9.94. The molecular weight excluding hydrogens is 234 g/mol. The lowest BCUT2D eigenvalue weighted by Crippen LogP contribution is -2.20. The van der Waals surface area contributed by atoms with Gasteiger partial charge in [0.15, 0.2) is 0 Å². The minimum absolute atomic E-state index is 0.112. The van der Waals surface area contributed by atoms with Crippen molar-refractivity contribution in [2.24, 2.45) is 0 Å². The molecule has 3 heteroatoms. The average Bonchev–Trinajstić information content (AvgIpc) is 2.36. The molecule has 3 nitrogen and oxygen atoms in total. The summed E-state index contributed by atoms with van der Waals surface area (Å²) in [5.74, 6) is 0.805. The molecular formula is C16H21N3. The minimum Gasteiger partial charge on any atom is -0.308 e. The first kappa shape index (κ1) is 13.7. The highest BCUT2D eigenvalue weighted by atomic mass is 14.9. The fraction of sp³-hybridized carbons (Fsp3) is 0.375. The predicted octanol–water partition coefficient (Wildman–Crippen LogP) is 3.02. The molecule has 0 aliphatic rings. The van der Waals surface area contributed by atoms with Crippen LogP contribution in [0.2, 0.25) is 0 Å². The first-order valence-corrected chi connectivity index (χ1v) is 6.57. The first-order valence-electron chi connectivity index (χ1n) is 6.57. The van der Waals surface area contributed by atoms with Crippen LogP contribution in [0.3, 0.4) is 0 Å². The third-order valence-electron chi connectivity index (χ3n) is 3.58. The van der Waals surface area contributed by atoms with Crippen LogP contribution in [-0.4, -0.2) is 17.0 Å². The number of hydrogen-bond donors (Lipinski definition) is 1. The standard InChI is InChI=1S/C16H21N3/c1-10-8-12(3)14(9-11(10)2)16(17-5)15-6-7-18-13(4)19-15/h6-9,16-17H,1-5H3. The van der Waals surface area contributed by atoms with E-state index in [1.54, 1.807) is 0 Å². The molecule has 0 aliphatic carbocycles. The van der Waals surface area contributed by atoms with Crippen LogP contribution in [-0.2, 0) is 0 Å². The number of aromatic nitrogens is 2. The Morgan fingerprint density at radius 2 is 1.68 bits per heavy atom. The van der Waals surface area contributed by atoms with Gasteiger partial charge in [0.1, 0.15) is 5.82 Å². The van der Waals surface area contributed by atoms with Crippen molar-refractivity contribution in [1.29, 1.82) is 0 Å². The SMILES string of the molecule is CNC(c1ccnc(C)n1)c1cc(C)c(C)cc1C. The quantitative estimate of drug-likeness (QED) is 0.916. The Morgan fingerprint density at radius 3 is 2.32 bits per heavy atom. The first-order chi connectivity index (χ1) is 9.02. The number of benzene rings is 1. The van der Waals surface area contributed by atoms with Gasteiger partial charge in [-0.1, -0.05) is 12.1 Å². The van der Waals surface area contributed by atoms with Gasteiger partial charge in [0.05, 0.1) is 11.7 Å². The zero-order valence-electron chi connectivity index (χ0n) is 12.3. The molecule has 0 aliphatic heterocycles. The van der Waals surface area contributed by atoms with E-state index in [-0.39, 0.29) is 6.04 Å². The highest BCUT2D eigenvalue weighted by molar-refractivity contribution is 5.41. The zero-order valence-corrected chi connectivity index (χ0v) is 12.3.